The third-order valence-electron chi connectivity index (χ3n) is 4.14. The molecule has 0 aliphatic carbocycles. The fraction of sp³-hybridized carbons (Fsp3) is 0.400. The zero-order valence-electron chi connectivity index (χ0n) is 16.4. The summed E-state index contributed by atoms with van der Waals surface area (Å²) < 4.78 is 26.7. The second kappa shape index (κ2) is 11.4. The van der Waals surface area contributed by atoms with Crippen molar-refractivity contribution in [3.63, 3.8) is 0 Å². The Kier molecular flexibility index (Phi) is 9.61. The molecule has 0 fully saturated rings. The van der Waals surface area contributed by atoms with Crippen LogP contribution in [-0.2, 0) is 13.0 Å². The van der Waals surface area contributed by atoms with Gasteiger partial charge in [0.15, 0.2) is 23.0 Å². The summed E-state index contributed by atoms with van der Waals surface area (Å²) in [5.74, 6) is 3.58. The minimum Gasteiger partial charge on any atom is -1.00 e. The minimum atomic E-state index is 0. The van der Waals surface area contributed by atoms with E-state index >= 15 is 0 Å². The first-order valence-corrected chi connectivity index (χ1v) is 8.37. The van der Waals surface area contributed by atoms with Gasteiger partial charge in [-0.25, -0.2) is 0 Å². The average Bonchev–Trinajstić information content (AvgIpc) is 2.70. The number of hydrogen-bond donors (Lipinski definition) is 1. The second-order valence-electron chi connectivity index (χ2n) is 5.64. The molecule has 0 aromatic heterocycles. The zero-order chi connectivity index (χ0) is 18.9. The molecule has 0 saturated carbocycles. The molecule has 0 spiro atoms. The molecule has 0 atom stereocenters. The molecule has 0 radical (unpaired) electrons. The standard InChI is InChI=1S/C20H27NO5.ClH/c1-22-16-7-6-14(10-18(16)24-3)8-9-21-13-15-11-19(25-4)20(26-5)12-17(15)23-2;/h6-7,10-12,21H,8-9,13H2,1-5H3;1H/p-1. The number of rotatable bonds is 10. The third kappa shape index (κ3) is 5.84. The molecular formula is C20H27ClNO5-. The van der Waals surface area contributed by atoms with Crippen LogP contribution in [0, 0.1) is 0 Å². The zero-order valence-corrected chi connectivity index (χ0v) is 17.2. The van der Waals surface area contributed by atoms with Crippen LogP contribution in [0.2, 0.25) is 0 Å². The Morgan fingerprint density at radius 1 is 0.667 bits per heavy atom. The maximum absolute atomic E-state index is 5.45. The van der Waals surface area contributed by atoms with E-state index in [0.717, 1.165) is 35.8 Å². The van der Waals surface area contributed by atoms with Gasteiger partial charge in [0, 0.05) is 18.2 Å². The molecule has 0 amide bonds. The van der Waals surface area contributed by atoms with Crippen LogP contribution in [0.3, 0.4) is 0 Å². The van der Waals surface area contributed by atoms with Gasteiger partial charge in [-0.15, -0.1) is 0 Å². The summed E-state index contributed by atoms with van der Waals surface area (Å²) in [6.45, 7) is 1.48. The van der Waals surface area contributed by atoms with Crippen molar-refractivity contribution in [1.29, 1.82) is 0 Å². The summed E-state index contributed by atoms with van der Waals surface area (Å²) >= 11 is 0. The normalized spacial score (nSPS) is 9.96. The Bertz CT molecular complexity index is 724. The minimum absolute atomic E-state index is 0. The predicted octanol–water partition coefficient (Wildman–Crippen LogP) is 0.0659. The molecule has 0 heterocycles. The van der Waals surface area contributed by atoms with Gasteiger partial charge in [0.25, 0.3) is 0 Å². The largest absolute Gasteiger partial charge is 1.00 e. The molecule has 6 nitrogen and oxygen atoms in total. The van der Waals surface area contributed by atoms with Crippen molar-refractivity contribution >= 4 is 0 Å². The van der Waals surface area contributed by atoms with Crippen molar-refractivity contribution in [2.45, 2.75) is 13.0 Å². The van der Waals surface area contributed by atoms with Gasteiger partial charge in [0.05, 0.1) is 35.5 Å². The van der Waals surface area contributed by atoms with Gasteiger partial charge < -0.3 is 41.4 Å². The van der Waals surface area contributed by atoms with Gasteiger partial charge in [-0.05, 0) is 36.7 Å². The lowest BCUT2D eigenvalue weighted by Crippen LogP contribution is -3.00. The van der Waals surface area contributed by atoms with Crippen LogP contribution >= 0.6 is 0 Å². The molecule has 2 rings (SSSR count). The lowest BCUT2D eigenvalue weighted by molar-refractivity contribution is -0.00000677. The van der Waals surface area contributed by atoms with E-state index in [2.05, 4.69) is 5.32 Å². The predicted molar refractivity (Wildman–Crippen MR) is 101 cm³/mol. The highest BCUT2D eigenvalue weighted by molar-refractivity contribution is 5.50. The smallest absolute Gasteiger partial charge is 0.164 e. The third-order valence-corrected chi connectivity index (χ3v) is 4.14. The van der Waals surface area contributed by atoms with Crippen molar-refractivity contribution in [3.05, 3.63) is 41.5 Å². The Morgan fingerprint density at radius 3 is 1.81 bits per heavy atom. The maximum Gasteiger partial charge on any atom is 0.164 e. The summed E-state index contributed by atoms with van der Waals surface area (Å²) in [4.78, 5) is 0. The lowest BCUT2D eigenvalue weighted by Gasteiger charge is -2.15. The molecule has 0 bridgehead atoms. The molecule has 27 heavy (non-hydrogen) atoms. The van der Waals surface area contributed by atoms with Crippen LogP contribution < -0.4 is 41.4 Å². The van der Waals surface area contributed by atoms with Gasteiger partial charge in [-0.1, -0.05) is 6.07 Å². The topological polar surface area (TPSA) is 58.2 Å². The van der Waals surface area contributed by atoms with Crippen molar-refractivity contribution < 1.29 is 36.1 Å². The number of benzene rings is 2. The van der Waals surface area contributed by atoms with Crippen LogP contribution in [0.5, 0.6) is 28.7 Å². The Labute approximate surface area is 167 Å². The summed E-state index contributed by atoms with van der Waals surface area (Å²) in [6.07, 6.45) is 0.871. The highest BCUT2D eigenvalue weighted by Crippen LogP contribution is 2.34. The number of nitrogens with one attached hydrogen (secondary N) is 1. The van der Waals surface area contributed by atoms with E-state index in [9.17, 15) is 0 Å². The number of methoxy groups -OCH3 is 5. The molecule has 1 N–H and O–H groups in total. The summed E-state index contributed by atoms with van der Waals surface area (Å²) in [5, 5.41) is 3.43. The molecule has 2 aromatic rings. The van der Waals surface area contributed by atoms with Crippen LogP contribution in [-0.4, -0.2) is 42.1 Å². The molecule has 7 heteroatoms. The highest BCUT2D eigenvalue weighted by Gasteiger charge is 2.11. The maximum atomic E-state index is 5.45. The molecule has 2 aromatic carbocycles. The van der Waals surface area contributed by atoms with Gasteiger partial charge in [-0.2, -0.15) is 0 Å². The van der Waals surface area contributed by atoms with E-state index in [1.54, 1.807) is 35.5 Å². The lowest BCUT2D eigenvalue weighted by atomic mass is 10.1. The van der Waals surface area contributed by atoms with Crippen molar-refractivity contribution in [1.82, 2.24) is 5.32 Å². The van der Waals surface area contributed by atoms with E-state index in [-0.39, 0.29) is 12.4 Å². The fourth-order valence-corrected chi connectivity index (χ4v) is 2.72. The summed E-state index contributed by atoms with van der Waals surface area (Å²) in [6, 6.07) is 9.73. The monoisotopic (exact) mass is 396 g/mol. The van der Waals surface area contributed by atoms with E-state index in [1.165, 1.54) is 5.56 Å². The molecule has 150 valence electrons. The van der Waals surface area contributed by atoms with Gasteiger partial charge in [0.1, 0.15) is 5.75 Å². The molecule has 0 saturated heterocycles. The van der Waals surface area contributed by atoms with Crippen LogP contribution in [0.4, 0.5) is 0 Å². The van der Waals surface area contributed by atoms with Crippen LogP contribution in [0.1, 0.15) is 11.1 Å². The molecule has 0 aliphatic heterocycles. The van der Waals surface area contributed by atoms with E-state index in [0.29, 0.717) is 18.0 Å². The molecular weight excluding hydrogens is 370 g/mol. The Morgan fingerprint density at radius 2 is 1.22 bits per heavy atom. The van der Waals surface area contributed by atoms with E-state index in [4.69, 9.17) is 23.7 Å². The average molecular weight is 397 g/mol. The fourth-order valence-electron chi connectivity index (χ4n) is 2.72. The van der Waals surface area contributed by atoms with E-state index < -0.39 is 0 Å². The highest BCUT2D eigenvalue weighted by atomic mass is 35.5. The van der Waals surface area contributed by atoms with Crippen molar-refractivity contribution in [2.75, 3.05) is 42.1 Å². The van der Waals surface area contributed by atoms with Gasteiger partial charge >= 0.3 is 0 Å². The molecule has 0 aliphatic rings. The quantitative estimate of drug-likeness (QED) is 0.573. The Hall–Kier alpha value is -2.31. The van der Waals surface area contributed by atoms with Gasteiger partial charge in [-0.3, -0.25) is 0 Å². The first kappa shape index (κ1) is 22.7. The van der Waals surface area contributed by atoms with Gasteiger partial charge in [0.2, 0.25) is 0 Å². The summed E-state index contributed by atoms with van der Waals surface area (Å²) in [7, 11) is 8.16. The number of ether oxygens (including phenoxy) is 5. The van der Waals surface area contributed by atoms with Crippen molar-refractivity contribution in [3.8, 4) is 28.7 Å². The second-order valence-corrected chi connectivity index (χ2v) is 5.64. The molecule has 0 unspecified atom stereocenters. The number of hydrogen-bond acceptors (Lipinski definition) is 6. The van der Waals surface area contributed by atoms with Crippen LogP contribution in [0.25, 0.3) is 0 Å². The number of halogens is 1. The SMILES string of the molecule is COc1cc(OC)c(OC)cc1CNCCc1ccc(OC)c(OC)c1.[Cl-]. The van der Waals surface area contributed by atoms with Crippen molar-refractivity contribution in [2.24, 2.45) is 0 Å². The first-order chi connectivity index (χ1) is 12.7. The summed E-state index contributed by atoms with van der Waals surface area (Å²) in [5.41, 5.74) is 2.19. The van der Waals surface area contributed by atoms with Crippen LogP contribution in [0.15, 0.2) is 30.3 Å². The Balaban J connectivity index is 0.00000364. The first-order valence-electron chi connectivity index (χ1n) is 8.37. The van der Waals surface area contributed by atoms with E-state index in [1.807, 2.05) is 30.3 Å².